The molecule has 4 amide bonds. The number of amides is 4. The molecule has 0 radical (unpaired) electrons. The normalized spacial score (nSPS) is 6.36. The monoisotopic (exact) mass is 490 g/mol. The first-order valence-corrected chi connectivity index (χ1v) is 6.84. The topological polar surface area (TPSA) is 374 Å². The number of carbonyl (C=O) groups excluding carboxylic acids is 4. The summed E-state index contributed by atoms with van der Waals surface area (Å²) in [5.74, 6) is 0. The van der Waals surface area contributed by atoms with Crippen molar-refractivity contribution in [2.45, 2.75) is 7.43 Å². The first kappa shape index (κ1) is 46.4. The molecule has 0 aliphatic carbocycles. The van der Waals surface area contributed by atoms with Crippen LogP contribution in [0.1, 0.15) is 7.43 Å². The molecule has 21 heteroatoms. The van der Waals surface area contributed by atoms with Gasteiger partial charge in [-0.1, -0.05) is 7.43 Å². The fraction of sp³-hybridized carbons (Fsp3) is 0.417. The highest BCUT2D eigenvalue weighted by molar-refractivity contribution is 5.67. The van der Waals surface area contributed by atoms with E-state index in [-0.39, 0.29) is 45.7 Å². The molecule has 14 N–H and O–H groups in total. The van der Waals surface area contributed by atoms with E-state index in [0.29, 0.717) is 0 Å². The maximum Gasteiger partial charge on any atom is 0.406 e. The Labute approximate surface area is 184 Å². The predicted molar refractivity (Wildman–Crippen MR) is 104 cm³/mol. The highest BCUT2D eigenvalue weighted by Gasteiger charge is 1.94. The van der Waals surface area contributed by atoms with Crippen molar-refractivity contribution in [3.05, 3.63) is 0 Å². The van der Waals surface area contributed by atoms with Crippen molar-refractivity contribution >= 4 is 42.7 Å². The fourth-order valence-corrected chi connectivity index (χ4v) is 0.484. The van der Waals surface area contributed by atoms with Crippen LogP contribution >= 0.6 is 0 Å². The summed E-state index contributed by atoms with van der Waals surface area (Å²) in [7, 11) is 0. The van der Waals surface area contributed by atoms with E-state index in [1.54, 1.807) is 21.3 Å². The quantitative estimate of drug-likeness (QED) is 0.0988. The maximum atomic E-state index is 9.64. The van der Waals surface area contributed by atoms with Gasteiger partial charge in [0, 0.05) is 6.67 Å². The molecule has 0 aromatic carbocycles. The molecular formula is C12H26N8O13. The molecule has 33 heavy (non-hydrogen) atoms. The number of nitrogens with zero attached hydrogens (tertiary/aromatic N) is 2. The number of hydrogen-bond acceptors (Lipinski definition) is 12. The number of carboxylic acid groups (broad SMARTS) is 4. The van der Waals surface area contributed by atoms with Crippen LogP contribution in [0.4, 0.5) is 19.2 Å². The van der Waals surface area contributed by atoms with E-state index in [4.69, 9.17) is 30.0 Å². The first-order chi connectivity index (χ1) is 14.5. The third kappa shape index (κ3) is 139. The largest absolute Gasteiger partial charge is 0.465 e. The standard InChI is InChI=1S/2C3H6N2O4.C3H2N2O2.CH6N2.CO2.CH4.H2O/c2*6-2(7)4-1-5-3(8)9;6-2-4-1-5-3-7;2*2-1-3;;/h2*4-5H,1H2,(H,6,7)(H,8,9);1H2;1-3H2;;1H4;1H2. The number of nitrogens with two attached hydrogens (primary N) is 2. The number of isocyanates is 2. The maximum absolute atomic E-state index is 9.64. The molecule has 0 spiro atoms. The van der Waals surface area contributed by atoms with Crippen LogP contribution in [0, 0.1) is 0 Å². The Morgan fingerprint density at radius 3 is 0.970 bits per heavy atom. The van der Waals surface area contributed by atoms with E-state index < -0.39 is 24.4 Å². The predicted octanol–water partition coefficient (Wildman–Crippen LogP) is -3.34. The lowest BCUT2D eigenvalue weighted by Crippen LogP contribution is -2.35. The third-order valence-corrected chi connectivity index (χ3v) is 1.23. The van der Waals surface area contributed by atoms with E-state index in [1.165, 1.54) is 12.2 Å². The summed E-state index contributed by atoms with van der Waals surface area (Å²) in [6.07, 6.45) is -2.38. The van der Waals surface area contributed by atoms with Crippen LogP contribution < -0.4 is 32.7 Å². The smallest absolute Gasteiger partial charge is 0.406 e. The van der Waals surface area contributed by atoms with Gasteiger partial charge in [0.05, 0.1) is 13.3 Å². The van der Waals surface area contributed by atoms with Gasteiger partial charge in [0.15, 0.2) is 6.67 Å². The Bertz CT molecular complexity index is 553. The summed E-state index contributed by atoms with van der Waals surface area (Å²) in [6.45, 7) is -0.484. The van der Waals surface area contributed by atoms with Crippen LogP contribution in [-0.4, -0.2) is 95.3 Å². The molecule has 0 aliphatic rings. The van der Waals surface area contributed by atoms with Gasteiger partial charge in [0.1, 0.15) is 0 Å². The van der Waals surface area contributed by atoms with Gasteiger partial charge in [0.2, 0.25) is 12.2 Å². The molecule has 0 saturated carbocycles. The van der Waals surface area contributed by atoms with Gasteiger partial charge in [-0.2, -0.15) is 19.6 Å². The molecule has 0 unspecified atom stereocenters. The average Bonchev–Trinajstić information content (AvgIpc) is 2.63. The summed E-state index contributed by atoms with van der Waals surface area (Å²) >= 11 is 0. The average molecular weight is 490 g/mol. The third-order valence-electron chi connectivity index (χ3n) is 1.23. The molecular weight excluding hydrogens is 464 g/mol. The van der Waals surface area contributed by atoms with Gasteiger partial charge >= 0.3 is 30.5 Å². The van der Waals surface area contributed by atoms with Crippen molar-refractivity contribution < 1.29 is 64.3 Å². The molecule has 0 heterocycles. The molecule has 0 aromatic heterocycles. The second kappa shape index (κ2) is 45.7. The van der Waals surface area contributed by atoms with Crippen LogP contribution in [0.3, 0.4) is 0 Å². The SMILES string of the molecule is C.NCN.O.O=C(O)NCNC(=O)O.O=C(O)NCNC(=O)O.O=C=NCN=C=O.O=C=O. The minimum atomic E-state index is -1.26. The van der Waals surface area contributed by atoms with Gasteiger partial charge in [-0.05, 0) is 0 Å². The van der Waals surface area contributed by atoms with Gasteiger partial charge in [-0.3, -0.25) is 0 Å². The fourth-order valence-electron chi connectivity index (χ4n) is 0.484. The number of carbonyl (C=O) groups is 4. The van der Waals surface area contributed by atoms with Crippen molar-refractivity contribution in [3.63, 3.8) is 0 Å². The van der Waals surface area contributed by atoms with Crippen LogP contribution in [-0.2, 0) is 19.2 Å². The van der Waals surface area contributed by atoms with Crippen molar-refractivity contribution in [2.24, 2.45) is 21.5 Å². The minimum Gasteiger partial charge on any atom is -0.465 e. The number of rotatable bonds is 6. The summed E-state index contributed by atoms with van der Waals surface area (Å²) < 4.78 is 0. The second-order valence-corrected chi connectivity index (χ2v) is 3.24. The minimum absolute atomic E-state index is 0. The lowest BCUT2D eigenvalue weighted by Gasteiger charge is -1.97. The zero-order chi connectivity index (χ0) is 25.5. The van der Waals surface area contributed by atoms with Crippen LogP contribution in [0.2, 0.25) is 0 Å². The molecule has 192 valence electrons. The summed E-state index contributed by atoms with van der Waals surface area (Å²) in [5, 5.41) is 38.7. The van der Waals surface area contributed by atoms with E-state index in [0.717, 1.165) is 0 Å². The summed E-state index contributed by atoms with van der Waals surface area (Å²) in [6, 6.07) is 0. The Kier molecular flexibility index (Phi) is 64.2. The molecule has 0 fully saturated rings. The second-order valence-electron chi connectivity index (χ2n) is 3.24. The van der Waals surface area contributed by atoms with Crippen LogP contribution in [0.5, 0.6) is 0 Å². The van der Waals surface area contributed by atoms with Gasteiger partial charge in [-0.25, -0.2) is 28.8 Å². The lowest BCUT2D eigenvalue weighted by atomic mass is 10.9. The van der Waals surface area contributed by atoms with Crippen molar-refractivity contribution in [3.8, 4) is 0 Å². The zero-order valence-electron chi connectivity index (χ0n) is 15.9. The zero-order valence-corrected chi connectivity index (χ0v) is 15.9. The van der Waals surface area contributed by atoms with E-state index in [1.807, 2.05) is 0 Å². The van der Waals surface area contributed by atoms with Crippen LogP contribution in [0.25, 0.3) is 0 Å². The van der Waals surface area contributed by atoms with Gasteiger partial charge < -0.3 is 58.6 Å². The Morgan fingerprint density at radius 2 is 0.848 bits per heavy atom. The Hall–Kier alpha value is -4.90. The number of hydrogen-bond donors (Lipinski definition) is 10. The van der Waals surface area contributed by atoms with Crippen molar-refractivity contribution in [1.29, 1.82) is 0 Å². The van der Waals surface area contributed by atoms with Crippen molar-refractivity contribution in [2.75, 3.05) is 26.7 Å². The van der Waals surface area contributed by atoms with Gasteiger partial charge in [0.25, 0.3) is 0 Å². The summed E-state index contributed by atoms with van der Waals surface area (Å²) in [4.78, 5) is 79.0. The molecule has 0 atom stereocenters. The number of aliphatic imine (C=N–C) groups is 2. The first-order valence-electron chi connectivity index (χ1n) is 6.84. The highest BCUT2D eigenvalue weighted by Crippen LogP contribution is 1.61. The molecule has 21 nitrogen and oxygen atoms in total. The Morgan fingerprint density at radius 1 is 0.667 bits per heavy atom. The van der Waals surface area contributed by atoms with Crippen molar-refractivity contribution in [1.82, 2.24) is 21.3 Å². The van der Waals surface area contributed by atoms with E-state index >= 15 is 0 Å². The van der Waals surface area contributed by atoms with Crippen LogP contribution in [0.15, 0.2) is 9.98 Å². The lowest BCUT2D eigenvalue weighted by molar-refractivity contribution is -0.191. The highest BCUT2D eigenvalue weighted by atomic mass is 16.4. The van der Waals surface area contributed by atoms with E-state index in [2.05, 4.69) is 21.5 Å². The number of nitrogens with one attached hydrogen (secondary N) is 4. The van der Waals surface area contributed by atoms with Gasteiger partial charge in [-0.15, -0.1) is 0 Å². The molecule has 0 rings (SSSR count). The van der Waals surface area contributed by atoms with E-state index in [9.17, 15) is 28.8 Å². The molecule has 0 saturated heterocycles. The Balaban J connectivity index is -0.0000000536. The molecule has 0 bridgehead atoms. The molecule has 0 aliphatic heterocycles. The summed E-state index contributed by atoms with van der Waals surface area (Å²) in [5.41, 5.74) is 9.25. The molecule has 0 aromatic rings.